The van der Waals surface area contributed by atoms with Crippen molar-refractivity contribution in [1.29, 1.82) is 0 Å². The van der Waals surface area contributed by atoms with Crippen LogP contribution in [0.25, 0.3) is 0 Å². The number of nitrogens with one attached hydrogen (secondary N) is 3. The maximum atomic E-state index is 12.6. The second kappa shape index (κ2) is 10.8. The lowest BCUT2D eigenvalue weighted by Gasteiger charge is -2.30. The molecular formula is C25H32N4O3. The molecule has 0 aromatic heterocycles. The maximum Gasteiger partial charge on any atom is 0.253 e. The molecule has 0 saturated carbocycles. The fourth-order valence-electron chi connectivity index (χ4n) is 3.44. The molecule has 2 aromatic rings. The number of carbonyl (C=O) groups is 3. The van der Waals surface area contributed by atoms with E-state index in [2.05, 4.69) is 22.9 Å². The fourth-order valence-corrected chi connectivity index (χ4v) is 3.44. The lowest BCUT2D eigenvalue weighted by atomic mass is 9.98. The summed E-state index contributed by atoms with van der Waals surface area (Å²) < 4.78 is 0. The van der Waals surface area contributed by atoms with Gasteiger partial charge in [0.1, 0.15) is 0 Å². The first-order valence-corrected chi connectivity index (χ1v) is 11.2. The van der Waals surface area contributed by atoms with E-state index in [4.69, 9.17) is 0 Å². The Morgan fingerprint density at radius 2 is 1.41 bits per heavy atom. The number of anilines is 3. The van der Waals surface area contributed by atoms with Gasteiger partial charge < -0.3 is 20.9 Å². The molecule has 1 aliphatic heterocycles. The highest BCUT2D eigenvalue weighted by Gasteiger charge is 2.21. The Labute approximate surface area is 189 Å². The molecule has 2 aromatic carbocycles. The standard InChI is InChI=1S/C25H32N4O3/c1-17(2)24(31)28-22-10-8-21(9-11-22)27-23(30)16-26-20-6-4-19(5-7-20)25(32)29-14-12-18(3)13-15-29/h4-11,17-18,26H,12-16H2,1-3H3,(H,27,30)(H,28,31). The Morgan fingerprint density at radius 3 is 1.97 bits per heavy atom. The lowest BCUT2D eigenvalue weighted by molar-refractivity contribution is -0.119. The van der Waals surface area contributed by atoms with Crippen molar-refractivity contribution in [3.05, 3.63) is 54.1 Å². The molecule has 0 spiro atoms. The molecule has 3 rings (SSSR count). The molecule has 0 bridgehead atoms. The third-order valence-electron chi connectivity index (χ3n) is 5.62. The molecule has 170 valence electrons. The summed E-state index contributed by atoms with van der Waals surface area (Å²) in [6.07, 6.45) is 2.10. The average Bonchev–Trinajstić information content (AvgIpc) is 2.79. The highest BCUT2D eigenvalue weighted by molar-refractivity contribution is 5.96. The molecule has 0 aliphatic carbocycles. The molecular weight excluding hydrogens is 404 g/mol. The quantitative estimate of drug-likeness (QED) is 0.607. The van der Waals surface area contributed by atoms with Crippen LogP contribution in [-0.2, 0) is 9.59 Å². The largest absolute Gasteiger partial charge is 0.376 e. The van der Waals surface area contributed by atoms with Crippen LogP contribution < -0.4 is 16.0 Å². The molecule has 3 amide bonds. The molecule has 7 nitrogen and oxygen atoms in total. The smallest absolute Gasteiger partial charge is 0.253 e. The summed E-state index contributed by atoms with van der Waals surface area (Å²) in [4.78, 5) is 38.5. The SMILES string of the molecule is CC1CCN(C(=O)c2ccc(NCC(=O)Nc3ccc(NC(=O)C(C)C)cc3)cc2)CC1. The van der Waals surface area contributed by atoms with E-state index in [-0.39, 0.29) is 30.2 Å². The third-order valence-corrected chi connectivity index (χ3v) is 5.62. The molecule has 7 heteroatoms. The Morgan fingerprint density at radius 1 is 0.875 bits per heavy atom. The van der Waals surface area contributed by atoms with E-state index in [1.165, 1.54) is 0 Å². The summed E-state index contributed by atoms with van der Waals surface area (Å²) in [5.41, 5.74) is 2.78. The Bertz CT molecular complexity index is 931. The molecule has 0 atom stereocenters. The lowest BCUT2D eigenvalue weighted by Crippen LogP contribution is -2.37. The van der Waals surface area contributed by atoms with E-state index in [1.807, 2.05) is 30.9 Å². The first kappa shape index (κ1) is 23.3. The van der Waals surface area contributed by atoms with Gasteiger partial charge in [-0.1, -0.05) is 20.8 Å². The fraction of sp³-hybridized carbons (Fsp3) is 0.400. The highest BCUT2D eigenvalue weighted by Crippen LogP contribution is 2.19. The van der Waals surface area contributed by atoms with Crippen molar-refractivity contribution in [2.45, 2.75) is 33.6 Å². The summed E-state index contributed by atoms with van der Waals surface area (Å²) in [5, 5.41) is 8.70. The number of piperidine rings is 1. The molecule has 3 N–H and O–H groups in total. The normalized spacial score (nSPS) is 14.2. The molecule has 1 saturated heterocycles. The van der Waals surface area contributed by atoms with Crippen LogP contribution in [0.15, 0.2) is 48.5 Å². The number of nitrogens with zero attached hydrogens (tertiary/aromatic N) is 1. The maximum absolute atomic E-state index is 12.6. The highest BCUT2D eigenvalue weighted by atomic mass is 16.2. The molecule has 0 unspecified atom stereocenters. The zero-order valence-electron chi connectivity index (χ0n) is 19.0. The molecule has 0 radical (unpaired) electrons. The van der Waals surface area contributed by atoms with Crippen molar-refractivity contribution in [2.75, 3.05) is 35.6 Å². The first-order valence-electron chi connectivity index (χ1n) is 11.2. The van der Waals surface area contributed by atoms with Gasteiger partial charge in [0.2, 0.25) is 11.8 Å². The van der Waals surface area contributed by atoms with Crippen molar-refractivity contribution in [3.8, 4) is 0 Å². The number of likely N-dealkylation sites (tertiary alicyclic amines) is 1. The monoisotopic (exact) mass is 436 g/mol. The van der Waals surface area contributed by atoms with E-state index >= 15 is 0 Å². The molecule has 32 heavy (non-hydrogen) atoms. The van der Waals surface area contributed by atoms with Gasteiger partial charge in [0, 0.05) is 41.6 Å². The van der Waals surface area contributed by atoms with Gasteiger partial charge in [0.15, 0.2) is 0 Å². The van der Waals surface area contributed by atoms with Gasteiger partial charge in [0.05, 0.1) is 6.54 Å². The molecule has 1 aliphatic rings. The van der Waals surface area contributed by atoms with Gasteiger partial charge in [-0.05, 0) is 67.3 Å². The van der Waals surface area contributed by atoms with E-state index in [0.29, 0.717) is 22.9 Å². The van der Waals surface area contributed by atoms with Gasteiger partial charge in [-0.3, -0.25) is 14.4 Å². The summed E-state index contributed by atoms with van der Waals surface area (Å²) in [5.74, 6) is 0.409. The predicted octanol–water partition coefficient (Wildman–Crippen LogP) is 4.20. The number of benzene rings is 2. The van der Waals surface area contributed by atoms with Crippen molar-refractivity contribution in [2.24, 2.45) is 11.8 Å². The minimum Gasteiger partial charge on any atom is -0.376 e. The van der Waals surface area contributed by atoms with Crippen molar-refractivity contribution < 1.29 is 14.4 Å². The van der Waals surface area contributed by atoms with E-state index in [1.54, 1.807) is 36.4 Å². The van der Waals surface area contributed by atoms with E-state index < -0.39 is 0 Å². The van der Waals surface area contributed by atoms with Gasteiger partial charge >= 0.3 is 0 Å². The van der Waals surface area contributed by atoms with Gasteiger partial charge in [-0.25, -0.2) is 0 Å². The van der Waals surface area contributed by atoms with Crippen LogP contribution in [-0.4, -0.2) is 42.3 Å². The van der Waals surface area contributed by atoms with Crippen LogP contribution in [0.2, 0.25) is 0 Å². The van der Waals surface area contributed by atoms with Crippen LogP contribution in [0.3, 0.4) is 0 Å². The van der Waals surface area contributed by atoms with Gasteiger partial charge in [-0.15, -0.1) is 0 Å². The number of hydrogen-bond acceptors (Lipinski definition) is 4. The summed E-state index contributed by atoms with van der Waals surface area (Å²) in [7, 11) is 0. The number of carbonyl (C=O) groups excluding carboxylic acids is 3. The van der Waals surface area contributed by atoms with Gasteiger partial charge in [0.25, 0.3) is 5.91 Å². The summed E-state index contributed by atoms with van der Waals surface area (Å²) >= 11 is 0. The number of hydrogen-bond donors (Lipinski definition) is 3. The minimum atomic E-state index is -0.188. The average molecular weight is 437 g/mol. The van der Waals surface area contributed by atoms with Crippen LogP contribution in [0, 0.1) is 11.8 Å². The second-order valence-electron chi connectivity index (χ2n) is 8.68. The zero-order valence-corrected chi connectivity index (χ0v) is 19.0. The van der Waals surface area contributed by atoms with Crippen molar-refractivity contribution in [3.63, 3.8) is 0 Å². The summed E-state index contributed by atoms with van der Waals surface area (Å²) in [6, 6.07) is 14.2. The summed E-state index contributed by atoms with van der Waals surface area (Å²) in [6.45, 7) is 7.61. The first-order chi connectivity index (χ1) is 15.3. The second-order valence-corrected chi connectivity index (χ2v) is 8.68. The van der Waals surface area contributed by atoms with Gasteiger partial charge in [-0.2, -0.15) is 0 Å². The van der Waals surface area contributed by atoms with E-state index in [0.717, 1.165) is 31.6 Å². The number of rotatable bonds is 7. The third kappa shape index (κ3) is 6.57. The topological polar surface area (TPSA) is 90.5 Å². The zero-order chi connectivity index (χ0) is 23.1. The number of amides is 3. The predicted molar refractivity (Wildman–Crippen MR) is 128 cm³/mol. The van der Waals surface area contributed by atoms with Crippen LogP contribution in [0.4, 0.5) is 17.1 Å². The minimum absolute atomic E-state index is 0.0516. The van der Waals surface area contributed by atoms with Crippen molar-refractivity contribution in [1.82, 2.24) is 4.90 Å². The van der Waals surface area contributed by atoms with Crippen LogP contribution in [0.5, 0.6) is 0 Å². The van der Waals surface area contributed by atoms with Crippen LogP contribution in [0.1, 0.15) is 44.0 Å². The Hall–Kier alpha value is -3.35. The van der Waals surface area contributed by atoms with Crippen molar-refractivity contribution >= 4 is 34.8 Å². The molecule has 1 heterocycles. The van der Waals surface area contributed by atoms with Crippen LogP contribution >= 0.6 is 0 Å². The Kier molecular flexibility index (Phi) is 7.87. The molecule has 1 fully saturated rings. The van der Waals surface area contributed by atoms with E-state index in [9.17, 15) is 14.4 Å². The Balaban J connectivity index is 1.45.